The first-order valence-electron chi connectivity index (χ1n) is 5.70. The van der Waals surface area contributed by atoms with Gasteiger partial charge in [0, 0.05) is 11.6 Å². The lowest BCUT2D eigenvalue weighted by Crippen LogP contribution is -2.52. The second-order valence-electron chi connectivity index (χ2n) is 4.34. The molecular formula is C13H18FNO2. The average molecular weight is 239 g/mol. The number of nitrogens with one attached hydrogen (secondary N) is 1. The summed E-state index contributed by atoms with van der Waals surface area (Å²) in [4.78, 5) is 11.5. The Morgan fingerprint density at radius 1 is 1.47 bits per heavy atom. The quantitative estimate of drug-likeness (QED) is 0.830. The first-order valence-corrected chi connectivity index (χ1v) is 5.70. The molecule has 1 rings (SSSR count). The second-order valence-corrected chi connectivity index (χ2v) is 4.34. The van der Waals surface area contributed by atoms with Crippen LogP contribution in [-0.2, 0) is 10.3 Å². The highest BCUT2D eigenvalue weighted by atomic mass is 19.1. The fourth-order valence-electron chi connectivity index (χ4n) is 2.00. The number of hydrogen-bond donors (Lipinski definition) is 2. The van der Waals surface area contributed by atoms with Crippen LogP contribution in [0.2, 0.25) is 0 Å². The molecule has 4 heteroatoms. The van der Waals surface area contributed by atoms with E-state index in [4.69, 9.17) is 0 Å². The lowest BCUT2D eigenvalue weighted by Gasteiger charge is -2.32. The zero-order chi connectivity index (χ0) is 13.1. The number of hydrogen-bond acceptors (Lipinski definition) is 2. The van der Waals surface area contributed by atoms with Gasteiger partial charge in [0.15, 0.2) is 0 Å². The highest BCUT2D eigenvalue weighted by Crippen LogP contribution is 2.28. The summed E-state index contributed by atoms with van der Waals surface area (Å²) in [5, 5.41) is 12.4. The van der Waals surface area contributed by atoms with Crippen LogP contribution in [0.4, 0.5) is 4.39 Å². The molecule has 0 aliphatic rings. The molecule has 0 saturated heterocycles. The Balaban J connectivity index is 3.32. The van der Waals surface area contributed by atoms with Gasteiger partial charge in [0.1, 0.15) is 11.4 Å². The van der Waals surface area contributed by atoms with Crippen LogP contribution in [0.5, 0.6) is 0 Å². The van der Waals surface area contributed by atoms with Crippen molar-refractivity contribution in [3.8, 4) is 0 Å². The van der Waals surface area contributed by atoms with Crippen LogP contribution in [0.15, 0.2) is 24.3 Å². The third-order valence-electron chi connectivity index (χ3n) is 2.76. The molecule has 3 nitrogen and oxygen atoms in total. The van der Waals surface area contributed by atoms with E-state index in [2.05, 4.69) is 5.32 Å². The SMILES string of the molecule is CCC(NC(C)C)(C(=O)O)c1ccccc1F. The molecule has 0 heterocycles. The lowest BCUT2D eigenvalue weighted by molar-refractivity contribution is -0.146. The number of carboxylic acid groups (broad SMARTS) is 1. The highest BCUT2D eigenvalue weighted by molar-refractivity contribution is 5.80. The van der Waals surface area contributed by atoms with Crippen molar-refractivity contribution >= 4 is 5.97 Å². The molecule has 1 atom stereocenters. The summed E-state index contributed by atoms with van der Waals surface area (Å²) in [5.74, 6) is -1.55. The van der Waals surface area contributed by atoms with Crippen molar-refractivity contribution in [3.63, 3.8) is 0 Å². The predicted molar refractivity (Wildman–Crippen MR) is 64.3 cm³/mol. The summed E-state index contributed by atoms with van der Waals surface area (Å²) in [6.45, 7) is 5.42. The lowest BCUT2D eigenvalue weighted by atomic mass is 9.86. The Bertz CT molecular complexity index is 406. The van der Waals surface area contributed by atoms with Crippen molar-refractivity contribution in [2.24, 2.45) is 0 Å². The van der Waals surface area contributed by atoms with Gasteiger partial charge < -0.3 is 5.11 Å². The summed E-state index contributed by atoms with van der Waals surface area (Å²) in [7, 11) is 0. The van der Waals surface area contributed by atoms with Crippen LogP contribution in [0.3, 0.4) is 0 Å². The normalized spacial score (nSPS) is 14.6. The van der Waals surface area contributed by atoms with Gasteiger partial charge in [-0.05, 0) is 26.3 Å². The summed E-state index contributed by atoms with van der Waals surface area (Å²) in [6, 6.07) is 5.95. The maximum absolute atomic E-state index is 13.8. The van der Waals surface area contributed by atoms with Gasteiger partial charge in [0.25, 0.3) is 0 Å². The van der Waals surface area contributed by atoms with Crippen LogP contribution in [0, 0.1) is 5.82 Å². The van der Waals surface area contributed by atoms with Crippen LogP contribution in [0.25, 0.3) is 0 Å². The highest BCUT2D eigenvalue weighted by Gasteiger charge is 2.40. The third kappa shape index (κ3) is 2.64. The minimum Gasteiger partial charge on any atom is -0.480 e. The average Bonchev–Trinajstić information content (AvgIpc) is 2.26. The first-order chi connectivity index (χ1) is 7.94. The van der Waals surface area contributed by atoms with E-state index in [1.807, 2.05) is 13.8 Å². The van der Waals surface area contributed by atoms with E-state index in [1.165, 1.54) is 12.1 Å². The van der Waals surface area contributed by atoms with Gasteiger partial charge in [-0.15, -0.1) is 0 Å². The second kappa shape index (κ2) is 5.27. The Labute approximate surface area is 101 Å². The summed E-state index contributed by atoms with van der Waals surface area (Å²) >= 11 is 0. The predicted octanol–water partition coefficient (Wildman–Crippen LogP) is 2.51. The van der Waals surface area contributed by atoms with Crippen molar-refractivity contribution in [2.75, 3.05) is 0 Å². The van der Waals surface area contributed by atoms with Crippen molar-refractivity contribution in [1.29, 1.82) is 0 Å². The van der Waals surface area contributed by atoms with E-state index in [0.29, 0.717) is 0 Å². The molecule has 0 amide bonds. The van der Waals surface area contributed by atoms with Crippen LogP contribution < -0.4 is 5.32 Å². The van der Waals surface area contributed by atoms with Crippen molar-refractivity contribution in [2.45, 2.75) is 38.8 Å². The Morgan fingerprint density at radius 3 is 2.47 bits per heavy atom. The van der Waals surface area contributed by atoms with E-state index in [-0.39, 0.29) is 18.0 Å². The topological polar surface area (TPSA) is 49.3 Å². The first kappa shape index (κ1) is 13.6. The zero-order valence-corrected chi connectivity index (χ0v) is 10.3. The molecule has 0 spiro atoms. The zero-order valence-electron chi connectivity index (χ0n) is 10.3. The standard InChI is InChI=1S/C13H18FNO2/c1-4-13(12(16)17,15-9(2)3)10-7-5-6-8-11(10)14/h5-9,15H,4H2,1-3H3,(H,16,17). The van der Waals surface area contributed by atoms with Gasteiger partial charge in [-0.1, -0.05) is 25.1 Å². The van der Waals surface area contributed by atoms with E-state index in [0.717, 1.165) is 0 Å². The van der Waals surface area contributed by atoms with E-state index in [9.17, 15) is 14.3 Å². The van der Waals surface area contributed by atoms with Crippen LogP contribution >= 0.6 is 0 Å². The molecule has 0 bridgehead atoms. The minimum absolute atomic E-state index is 0.0503. The number of carboxylic acids is 1. The minimum atomic E-state index is -1.36. The molecule has 0 aliphatic heterocycles. The van der Waals surface area contributed by atoms with Gasteiger partial charge in [-0.3, -0.25) is 5.32 Å². The summed E-state index contributed by atoms with van der Waals surface area (Å²) in [6.07, 6.45) is 0.279. The Morgan fingerprint density at radius 2 is 2.06 bits per heavy atom. The molecule has 0 fully saturated rings. The fraction of sp³-hybridized carbons (Fsp3) is 0.462. The van der Waals surface area contributed by atoms with E-state index >= 15 is 0 Å². The number of rotatable bonds is 5. The van der Waals surface area contributed by atoms with Gasteiger partial charge in [-0.2, -0.15) is 0 Å². The molecule has 0 aliphatic carbocycles. The smallest absolute Gasteiger partial charge is 0.328 e. The molecule has 0 aromatic heterocycles. The van der Waals surface area contributed by atoms with Crippen LogP contribution in [-0.4, -0.2) is 17.1 Å². The maximum Gasteiger partial charge on any atom is 0.328 e. The molecule has 0 radical (unpaired) electrons. The number of carbonyl (C=O) groups is 1. The number of aliphatic carboxylic acids is 1. The van der Waals surface area contributed by atoms with Gasteiger partial charge in [0.2, 0.25) is 0 Å². The van der Waals surface area contributed by atoms with Crippen molar-refractivity contribution in [3.05, 3.63) is 35.6 Å². The molecule has 2 N–H and O–H groups in total. The van der Waals surface area contributed by atoms with Crippen molar-refractivity contribution < 1.29 is 14.3 Å². The number of halogens is 1. The third-order valence-corrected chi connectivity index (χ3v) is 2.76. The summed E-state index contributed by atoms with van der Waals surface area (Å²) in [5.41, 5.74) is -1.18. The molecule has 1 aromatic rings. The Kier molecular flexibility index (Phi) is 4.23. The molecule has 0 saturated carbocycles. The van der Waals surface area contributed by atoms with Crippen molar-refractivity contribution in [1.82, 2.24) is 5.32 Å². The van der Waals surface area contributed by atoms with E-state index < -0.39 is 17.3 Å². The molecule has 17 heavy (non-hydrogen) atoms. The largest absolute Gasteiger partial charge is 0.480 e. The Hall–Kier alpha value is -1.42. The maximum atomic E-state index is 13.8. The van der Waals surface area contributed by atoms with Gasteiger partial charge in [-0.25, -0.2) is 9.18 Å². The van der Waals surface area contributed by atoms with Crippen LogP contribution in [0.1, 0.15) is 32.8 Å². The van der Waals surface area contributed by atoms with Gasteiger partial charge >= 0.3 is 5.97 Å². The fourth-order valence-corrected chi connectivity index (χ4v) is 2.00. The monoisotopic (exact) mass is 239 g/mol. The summed E-state index contributed by atoms with van der Waals surface area (Å²) < 4.78 is 13.8. The molecule has 1 unspecified atom stereocenters. The van der Waals surface area contributed by atoms with E-state index in [1.54, 1.807) is 19.1 Å². The molecule has 94 valence electrons. The molecule has 1 aromatic carbocycles. The van der Waals surface area contributed by atoms with Gasteiger partial charge in [0.05, 0.1) is 0 Å². The number of benzene rings is 1. The molecular weight excluding hydrogens is 221 g/mol.